The van der Waals surface area contributed by atoms with Gasteiger partial charge < -0.3 is 10.6 Å². The number of carbonyl (C=O) groups excluding carboxylic acids is 2. The average Bonchev–Trinajstić information content (AvgIpc) is 3.20. The van der Waals surface area contributed by atoms with Crippen molar-refractivity contribution in [1.29, 1.82) is 0 Å². The largest absolute Gasteiger partial charge is 0.354 e. The van der Waals surface area contributed by atoms with Crippen molar-refractivity contribution in [2.24, 2.45) is 5.92 Å². The van der Waals surface area contributed by atoms with Crippen LogP contribution in [-0.4, -0.2) is 22.8 Å². The molecule has 1 aliphatic rings. The average molecular weight is 385 g/mol. The predicted octanol–water partition coefficient (Wildman–Crippen LogP) is 4.22. The van der Waals surface area contributed by atoms with Crippen LogP contribution in [-0.2, 0) is 9.59 Å². The maximum absolute atomic E-state index is 13.4. The number of rotatable bonds is 4. The van der Waals surface area contributed by atoms with Gasteiger partial charge in [-0.3, -0.25) is 9.59 Å². The van der Waals surface area contributed by atoms with E-state index in [-0.39, 0.29) is 29.6 Å². The Morgan fingerprint density at radius 1 is 1.26 bits per heavy atom. The normalized spacial score (nSPS) is 19.5. The zero-order chi connectivity index (χ0) is 19.0. The van der Waals surface area contributed by atoms with E-state index in [0.717, 1.165) is 40.3 Å². The molecule has 1 fully saturated rings. The van der Waals surface area contributed by atoms with Gasteiger partial charge in [0.2, 0.25) is 11.8 Å². The molecule has 4 rings (SSSR count). The van der Waals surface area contributed by atoms with Crippen LogP contribution < -0.4 is 10.6 Å². The number of anilines is 1. The van der Waals surface area contributed by atoms with Crippen LogP contribution >= 0.6 is 11.3 Å². The van der Waals surface area contributed by atoms with E-state index in [0.29, 0.717) is 11.6 Å². The molecule has 0 bridgehead atoms. The molecule has 7 heteroatoms. The number of thiazole rings is 1. The summed E-state index contributed by atoms with van der Waals surface area (Å²) in [7, 11) is 0. The number of aromatic nitrogens is 1. The molecule has 0 aliphatic heterocycles. The maximum atomic E-state index is 13.4. The minimum atomic E-state index is -0.269. The molecule has 3 aromatic rings. The molecular weight excluding hydrogens is 365 g/mol. The van der Waals surface area contributed by atoms with Crippen LogP contribution in [0, 0.1) is 11.7 Å². The predicted molar refractivity (Wildman–Crippen MR) is 105 cm³/mol. The molecule has 0 spiro atoms. The molecule has 1 saturated carbocycles. The van der Waals surface area contributed by atoms with E-state index in [2.05, 4.69) is 15.6 Å². The van der Waals surface area contributed by atoms with Gasteiger partial charge in [-0.1, -0.05) is 17.4 Å². The molecule has 2 atom stereocenters. The van der Waals surface area contributed by atoms with Gasteiger partial charge in [-0.25, -0.2) is 9.37 Å². The van der Waals surface area contributed by atoms with Crippen molar-refractivity contribution in [3.05, 3.63) is 36.1 Å². The van der Waals surface area contributed by atoms with Gasteiger partial charge in [-0.05, 0) is 54.8 Å². The lowest BCUT2D eigenvalue weighted by Gasteiger charge is -2.11. The third-order valence-electron chi connectivity index (χ3n) is 5.00. The molecule has 1 aromatic heterocycles. The lowest BCUT2D eigenvalue weighted by Crippen LogP contribution is -2.30. The van der Waals surface area contributed by atoms with Crippen LogP contribution in [0.1, 0.15) is 32.6 Å². The van der Waals surface area contributed by atoms with E-state index in [4.69, 9.17) is 0 Å². The summed E-state index contributed by atoms with van der Waals surface area (Å²) in [6, 6.07) is 8.54. The third-order valence-corrected chi connectivity index (χ3v) is 6.02. The van der Waals surface area contributed by atoms with Gasteiger partial charge in [0.05, 0.1) is 10.2 Å². The fourth-order valence-corrected chi connectivity index (χ4v) is 4.87. The molecule has 0 unspecified atom stereocenters. The summed E-state index contributed by atoms with van der Waals surface area (Å²) in [5.41, 5.74) is 0.793. The van der Waals surface area contributed by atoms with E-state index >= 15 is 0 Å². The van der Waals surface area contributed by atoms with E-state index < -0.39 is 0 Å². The van der Waals surface area contributed by atoms with E-state index in [1.807, 2.05) is 12.1 Å². The SMILES string of the molecule is CC(=O)N[C@@H]1CC[C@H](CC(=O)Nc2nc3ccc4cc(F)ccc4c3s2)C1. The molecule has 2 N–H and O–H groups in total. The Balaban J connectivity index is 1.45. The summed E-state index contributed by atoms with van der Waals surface area (Å²) in [6.07, 6.45) is 3.12. The quantitative estimate of drug-likeness (QED) is 0.706. The van der Waals surface area contributed by atoms with Gasteiger partial charge in [-0.2, -0.15) is 0 Å². The van der Waals surface area contributed by atoms with Gasteiger partial charge in [0.15, 0.2) is 5.13 Å². The fourth-order valence-electron chi connectivity index (χ4n) is 3.85. The highest BCUT2D eigenvalue weighted by Crippen LogP contribution is 2.34. The second-order valence-electron chi connectivity index (χ2n) is 7.13. The second kappa shape index (κ2) is 7.23. The van der Waals surface area contributed by atoms with Crippen LogP contribution in [0.4, 0.5) is 9.52 Å². The molecule has 27 heavy (non-hydrogen) atoms. The van der Waals surface area contributed by atoms with Crippen molar-refractivity contribution >= 4 is 49.3 Å². The first-order chi connectivity index (χ1) is 13.0. The summed E-state index contributed by atoms with van der Waals surface area (Å²) in [6.45, 7) is 1.52. The first-order valence-corrected chi connectivity index (χ1v) is 9.85. The Morgan fingerprint density at radius 2 is 2.11 bits per heavy atom. The summed E-state index contributed by atoms with van der Waals surface area (Å²) in [4.78, 5) is 28.0. The van der Waals surface area contributed by atoms with E-state index in [1.165, 1.54) is 30.4 Å². The van der Waals surface area contributed by atoms with Crippen LogP contribution in [0.15, 0.2) is 30.3 Å². The molecule has 140 valence electrons. The monoisotopic (exact) mass is 385 g/mol. The summed E-state index contributed by atoms with van der Waals surface area (Å²) < 4.78 is 14.4. The van der Waals surface area contributed by atoms with E-state index in [9.17, 15) is 14.0 Å². The van der Waals surface area contributed by atoms with Crippen molar-refractivity contribution in [1.82, 2.24) is 10.3 Å². The van der Waals surface area contributed by atoms with E-state index in [1.54, 1.807) is 6.07 Å². The van der Waals surface area contributed by atoms with Crippen molar-refractivity contribution in [2.75, 3.05) is 5.32 Å². The number of fused-ring (bicyclic) bond motifs is 3. The molecule has 1 aliphatic carbocycles. The van der Waals surface area contributed by atoms with Gasteiger partial charge in [0, 0.05) is 24.8 Å². The molecule has 2 amide bonds. The van der Waals surface area contributed by atoms with Crippen LogP contribution in [0.5, 0.6) is 0 Å². The molecule has 2 aromatic carbocycles. The van der Waals surface area contributed by atoms with Crippen molar-refractivity contribution in [2.45, 2.75) is 38.6 Å². The van der Waals surface area contributed by atoms with Gasteiger partial charge in [0.1, 0.15) is 5.82 Å². The smallest absolute Gasteiger partial charge is 0.226 e. The minimum Gasteiger partial charge on any atom is -0.354 e. The number of benzene rings is 2. The zero-order valence-corrected chi connectivity index (χ0v) is 15.7. The number of halogens is 1. The number of nitrogens with zero attached hydrogens (tertiary/aromatic N) is 1. The number of amides is 2. The number of carbonyl (C=O) groups is 2. The molecule has 0 saturated heterocycles. The van der Waals surface area contributed by atoms with Crippen LogP contribution in [0.25, 0.3) is 21.0 Å². The highest BCUT2D eigenvalue weighted by Gasteiger charge is 2.27. The third kappa shape index (κ3) is 3.93. The van der Waals surface area contributed by atoms with Crippen molar-refractivity contribution < 1.29 is 14.0 Å². The summed E-state index contributed by atoms with van der Waals surface area (Å²) in [5, 5.41) is 8.13. The molecule has 5 nitrogen and oxygen atoms in total. The zero-order valence-electron chi connectivity index (χ0n) is 14.9. The fraction of sp³-hybridized carbons (Fsp3) is 0.350. The van der Waals surface area contributed by atoms with Gasteiger partial charge in [0.25, 0.3) is 0 Å². The Bertz CT molecular complexity index is 1030. The van der Waals surface area contributed by atoms with Gasteiger partial charge in [-0.15, -0.1) is 0 Å². The lowest BCUT2D eigenvalue weighted by atomic mass is 10.0. The molecular formula is C20H20FN3O2S. The lowest BCUT2D eigenvalue weighted by molar-refractivity contribution is -0.119. The summed E-state index contributed by atoms with van der Waals surface area (Å²) in [5.74, 6) is -0.0707. The number of nitrogens with one attached hydrogen (secondary N) is 2. The minimum absolute atomic E-state index is 0.0216. The number of hydrogen-bond donors (Lipinski definition) is 2. The Hall–Kier alpha value is -2.54. The topological polar surface area (TPSA) is 71.1 Å². The summed E-state index contributed by atoms with van der Waals surface area (Å²) >= 11 is 1.41. The Labute approximate surface area is 160 Å². The molecule has 1 heterocycles. The second-order valence-corrected chi connectivity index (χ2v) is 8.13. The van der Waals surface area contributed by atoms with Crippen molar-refractivity contribution in [3.63, 3.8) is 0 Å². The number of hydrogen-bond acceptors (Lipinski definition) is 4. The Kier molecular flexibility index (Phi) is 4.78. The molecule has 0 radical (unpaired) electrons. The Morgan fingerprint density at radius 3 is 2.93 bits per heavy atom. The first-order valence-electron chi connectivity index (χ1n) is 9.03. The van der Waals surface area contributed by atoms with Crippen LogP contribution in [0.3, 0.4) is 0 Å². The van der Waals surface area contributed by atoms with Crippen molar-refractivity contribution in [3.8, 4) is 0 Å². The maximum Gasteiger partial charge on any atom is 0.226 e. The standard InChI is InChI=1S/C20H20FN3O2S/c1-11(25)22-15-5-2-12(8-15)9-18(26)24-20-23-17-7-3-13-10-14(21)4-6-16(13)19(17)27-20/h3-4,6-7,10,12,15H,2,5,8-9H2,1H3,(H,22,25)(H,23,24,26)/t12-,15+/m0/s1. The van der Waals surface area contributed by atoms with Crippen LogP contribution in [0.2, 0.25) is 0 Å². The van der Waals surface area contributed by atoms with Gasteiger partial charge >= 0.3 is 0 Å². The first kappa shape index (κ1) is 17.9. The highest BCUT2D eigenvalue weighted by molar-refractivity contribution is 7.23. The highest BCUT2D eigenvalue weighted by atomic mass is 32.1.